The number of carboxylic acids is 1. The third-order valence-corrected chi connectivity index (χ3v) is 5.19. The smallest absolute Gasteiger partial charge is 0.314 e. The first-order valence-corrected chi connectivity index (χ1v) is 8.08. The van der Waals surface area contributed by atoms with Gasteiger partial charge in [-0.05, 0) is 52.5 Å². The van der Waals surface area contributed by atoms with Gasteiger partial charge in [0.25, 0.3) is 5.91 Å². The Hall–Kier alpha value is -1.66. The summed E-state index contributed by atoms with van der Waals surface area (Å²) in [4.78, 5) is 23.3. The van der Waals surface area contributed by atoms with Crippen LogP contribution in [0, 0.1) is 0 Å². The van der Waals surface area contributed by atoms with Crippen molar-refractivity contribution in [1.29, 1.82) is 0 Å². The van der Waals surface area contributed by atoms with Crippen molar-refractivity contribution >= 4 is 44.8 Å². The summed E-state index contributed by atoms with van der Waals surface area (Å²) in [5, 5.41) is 13.8. The van der Waals surface area contributed by atoms with Crippen molar-refractivity contribution in [2.45, 2.75) is 18.3 Å². The molecular formula is C15H12BrNO3S. The number of hydrogen-bond acceptors (Lipinski definition) is 3. The Kier molecular flexibility index (Phi) is 3.59. The van der Waals surface area contributed by atoms with Gasteiger partial charge in [0.15, 0.2) is 0 Å². The van der Waals surface area contributed by atoms with E-state index in [2.05, 4.69) is 21.2 Å². The van der Waals surface area contributed by atoms with Crippen molar-refractivity contribution in [3.05, 3.63) is 50.6 Å². The number of thiophene rings is 1. The van der Waals surface area contributed by atoms with Crippen LogP contribution in [0.3, 0.4) is 0 Å². The van der Waals surface area contributed by atoms with Gasteiger partial charge in [-0.2, -0.15) is 0 Å². The lowest BCUT2D eigenvalue weighted by Crippen LogP contribution is -2.19. The minimum atomic E-state index is -0.776. The second-order valence-electron chi connectivity index (χ2n) is 5.06. The van der Waals surface area contributed by atoms with Crippen LogP contribution in [0.1, 0.15) is 28.8 Å². The van der Waals surface area contributed by atoms with Gasteiger partial charge >= 0.3 is 5.97 Å². The van der Waals surface area contributed by atoms with Crippen LogP contribution < -0.4 is 5.32 Å². The summed E-state index contributed by atoms with van der Waals surface area (Å²) in [5.74, 6) is -0.952. The summed E-state index contributed by atoms with van der Waals surface area (Å²) < 4.78 is 0.903. The number of nitrogens with one attached hydrogen (secondary N) is 1. The van der Waals surface area contributed by atoms with Crippen LogP contribution in [0.2, 0.25) is 0 Å². The fraction of sp³-hybridized carbons (Fsp3) is 0.200. The molecule has 2 aromatic rings. The fourth-order valence-corrected chi connectivity index (χ4v) is 3.39. The summed E-state index contributed by atoms with van der Waals surface area (Å²) in [6.45, 7) is 0. The van der Waals surface area contributed by atoms with E-state index in [0.717, 1.165) is 9.35 Å². The number of halogens is 1. The number of aliphatic carboxylic acids is 1. The second kappa shape index (κ2) is 5.27. The molecule has 21 heavy (non-hydrogen) atoms. The maximum absolute atomic E-state index is 12.0. The molecule has 1 aliphatic carbocycles. The molecule has 0 atom stereocenters. The van der Waals surface area contributed by atoms with E-state index < -0.39 is 11.4 Å². The Balaban J connectivity index is 1.73. The number of benzene rings is 1. The van der Waals surface area contributed by atoms with Gasteiger partial charge in [0.1, 0.15) is 0 Å². The summed E-state index contributed by atoms with van der Waals surface area (Å²) in [7, 11) is 0. The van der Waals surface area contributed by atoms with Gasteiger partial charge in [-0.1, -0.05) is 12.1 Å². The van der Waals surface area contributed by atoms with E-state index in [1.54, 1.807) is 35.7 Å². The first kappa shape index (κ1) is 14.3. The molecule has 0 aliphatic heterocycles. The number of hydrogen-bond donors (Lipinski definition) is 2. The highest BCUT2D eigenvalue weighted by molar-refractivity contribution is 9.11. The Labute approximate surface area is 133 Å². The molecule has 0 saturated heterocycles. The van der Waals surface area contributed by atoms with Gasteiger partial charge in [-0.3, -0.25) is 9.59 Å². The van der Waals surface area contributed by atoms with E-state index >= 15 is 0 Å². The highest BCUT2D eigenvalue weighted by atomic mass is 79.9. The van der Waals surface area contributed by atoms with Crippen LogP contribution in [-0.2, 0) is 10.2 Å². The molecule has 108 valence electrons. The molecule has 6 heteroatoms. The van der Waals surface area contributed by atoms with Crippen molar-refractivity contribution < 1.29 is 14.7 Å². The first-order chi connectivity index (χ1) is 10.0. The molecule has 2 N–H and O–H groups in total. The molecule has 3 rings (SSSR count). The van der Waals surface area contributed by atoms with E-state index in [-0.39, 0.29) is 5.91 Å². The predicted molar refractivity (Wildman–Crippen MR) is 85.0 cm³/mol. The fourth-order valence-electron chi connectivity index (χ4n) is 2.26. The molecule has 1 saturated carbocycles. The lowest BCUT2D eigenvalue weighted by molar-refractivity contribution is -0.140. The van der Waals surface area contributed by atoms with Gasteiger partial charge in [0.2, 0.25) is 0 Å². The van der Waals surface area contributed by atoms with Crippen molar-refractivity contribution in [3.8, 4) is 0 Å². The molecule has 0 radical (unpaired) electrons. The molecule has 1 heterocycles. The van der Waals surface area contributed by atoms with E-state index in [4.69, 9.17) is 0 Å². The number of carboxylic acid groups (broad SMARTS) is 1. The highest BCUT2D eigenvalue weighted by Gasteiger charge is 2.51. The number of carbonyl (C=O) groups is 2. The number of amides is 1. The van der Waals surface area contributed by atoms with Crippen LogP contribution in [0.25, 0.3) is 0 Å². The minimum Gasteiger partial charge on any atom is -0.481 e. The van der Waals surface area contributed by atoms with E-state index in [0.29, 0.717) is 24.1 Å². The van der Waals surface area contributed by atoms with Gasteiger partial charge in [0.05, 0.1) is 14.8 Å². The van der Waals surface area contributed by atoms with Gasteiger partial charge < -0.3 is 10.4 Å². The van der Waals surface area contributed by atoms with Crippen molar-refractivity contribution in [1.82, 2.24) is 0 Å². The van der Waals surface area contributed by atoms with Crippen LogP contribution in [0.5, 0.6) is 0 Å². The lowest BCUT2D eigenvalue weighted by atomic mass is 9.96. The Morgan fingerprint density at radius 3 is 2.38 bits per heavy atom. The summed E-state index contributed by atoms with van der Waals surface area (Å²) in [6, 6.07) is 8.81. The van der Waals surface area contributed by atoms with Crippen LogP contribution in [0.4, 0.5) is 5.69 Å². The van der Waals surface area contributed by atoms with Crippen molar-refractivity contribution in [2.24, 2.45) is 0 Å². The highest BCUT2D eigenvalue weighted by Crippen LogP contribution is 2.48. The average Bonchev–Trinajstić information content (AvgIpc) is 3.16. The van der Waals surface area contributed by atoms with E-state index in [1.807, 2.05) is 0 Å². The third-order valence-electron chi connectivity index (χ3n) is 3.68. The number of anilines is 1. The molecule has 0 unspecified atom stereocenters. The van der Waals surface area contributed by atoms with E-state index in [9.17, 15) is 14.7 Å². The lowest BCUT2D eigenvalue weighted by Gasteiger charge is -2.11. The molecule has 1 aromatic heterocycles. The zero-order valence-corrected chi connectivity index (χ0v) is 13.3. The zero-order valence-electron chi connectivity index (χ0n) is 10.9. The van der Waals surface area contributed by atoms with E-state index in [1.165, 1.54) is 11.3 Å². The Morgan fingerprint density at radius 2 is 1.90 bits per heavy atom. The van der Waals surface area contributed by atoms with Crippen molar-refractivity contribution in [3.63, 3.8) is 0 Å². The largest absolute Gasteiger partial charge is 0.481 e. The quantitative estimate of drug-likeness (QED) is 0.863. The predicted octanol–water partition coefficient (Wildman–Crippen LogP) is 3.88. The second-order valence-corrected chi connectivity index (χ2v) is 7.35. The summed E-state index contributed by atoms with van der Waals surface area (Å²) in [5.41, 5.74) is 1.35. The third kappa shape index (κ3) is 2.73. The van der Waals surface area contributed by atoms with Gasteiger partial charge in [-0.25, -0.2) is 0 Å². The molecule has 1 aromatic carbocycles. The molecule has 1 aliphatic rings. The minimum absolute atomic E-state index is 0.177. The van der Waals surface area contributed by atoms with Crippen LogP contribution in [0.15, 0.2) is 39.5 Å². The van der Waals surface area contributed by atoms with Gasteiger partial charge in [0, 0.05) is 11.1 Å². The molecule has 1 fully saturated rings. The summed E-state index contributed by atoms with van der Waals surface area (Å²) in [6.07, 6.45) is 1.36. The topological polar surface area (TPSA) is 66.4 Å². The Morgan fingerprint density at radius 1 is 1.24 bits per heavy atom. The zero-order chi connectivity index (χ0) is 15.0. The average molecular weight is 366 g/mol. The molecule has 0 spiro atoms. The standard InChI is InChI=1S/C15H12BrNO3S/c16-12-7-9(8-21-12)13(18)17-11-3-1-10(2-4-11)15(5-6-15)14(19)20/h1-4,7-8H,5-6H2,(H,17,18)(H,19,20). The maximum atomic E-state index is 12.0. The first-order valence-electron chi connectivity index (χ1n) is 6.41. The molecular weight excluding hydrogens is 354 g/mol. The normalized spacial score (nSPS) is 15.5. The monoisotopic (exact) mass is 365 g/mol. The Bertz CT molecular complexity index is 704. The van der Waals surface area contributed by atoms with Gasteiger partial charge in [-0.15, -0.1) is 11.3 Å². The SMILES string of the molecule is O=C(Nc1ccc(C2(C(=O)O)CC2)cc1)c1csc(Br)c1. The molecule has 1 amide bonds. The number of carbonyl (C=O) groups excluding carboxylic acids is 1. The maximum Gasteiger partial charge on any atom is 0.314 e. The summed E-state index contributed by atoms with van der Waals surface area (Å²) >= 11 is 4.77. The number of rotatable bonds is 4. The van der Waals surface area contributed by atoms with Crippen molar-refractivity contribution in [2.75, 3.05) is 5.32 Å². The van der Waals surface area contributed by atoms with Crippen LogP contribution >= 0.6 is 27.3 Å². The van der Waals surface area contributed by atoms with Crippen LogP contribution in [-0.4, -0.2) is 17.0 Å². The molecule has 4 nitrogen and oxygen atoms in total. The molecule has 0 bridgehead atoms.